The second-order valence-corrected chi connectivity index (χ2v) is 48.6. The number of ether oxygens (including phenoxy) is 4. The molecule has 24 rings (SSSR count). The minimum Gasteiger partial charge on any atom is -0.387 e. The summed E-state index contributed by atoms with van der Waals surface area (Å²) in [5.41, 5.74) is 3.75. The highest BCUT2D eigenvalue weighted by molar-refractivity contribution is 5.86. The third kappa shape index (κ3) is 17.8. The van der Waals surface area contributed by atoms with Gasteiger partial charge in [0.1, 0.15) is 70.6 Å². The number of pyridine rings is 3. The van der Waals surface area contributed by atoms with Gasteiger partial charge in [0.15, 0.2) is 23.1 Å². The monoisotopic (exact) mass is 1880 g/mol. The number of halogens is 1. The lowest BCUT2D eigenvalue weighted by atomic mass is 9.49. The van der Waals surface area contributed by atoms with Gasteiger partial charge in [-0.2, -0.15) is 30.0 Å². The van der Waals surface area contributed by atoms with Crippen molar-refractivity contribution in [3.8, 4) is 0 Å². The number of fused-ring (bicyclic) bond motifs is 24. The maximum atomic E-state index is 13.6. The molecule has 742 valence electrons. The maximum Gasteiger partial charge on any atom is 0.159 e. The van der Waals surface area contributed by atoms with Gasteiger partial charge >= 0.3 is 0 Å². The molecular formula is C109H152FN15O12. The van der Waals surface area contributed by atoms with Gasteiger partial charge in [-0.05, 0) is 401 Å². The van der Waals surface area contributed by atoms with Crippen molar-refractivity contribution in [3.05, 3.63) is 79.4 Å². The summed E-state index contributed by atoms with van der Waals surface area (Å²) < 4.78 is 38.4. The number of methoxy groups -OCH3 is 4. The van der Waals surface area contributed by atoms with Crippen molar-refractivity contribution < 1.29 is 62.9 Å². The van der Waals surface area contributed by atoms with Crippen molar-refractivity contribution in [2.75, 3.05) is 54.9 Å². The smallest absolute Gasteiger partial charge is 0.159 e. The van der Waals surface area contributed by atoms with Crippen molar-refractivity contribution in [1.29, 1.82) is 0 Å². The van der Waals surface area contributed by atoms with Crippen LogP contribution in [0.2, 0.25) is 0 Å². The molecule has 4 N–H and O–H groups in total. The number of nitrogens with zero attached hydrogens (tertiary/aromatic N) is 15. The third-order valence-corrected chi connectivity index (χ3v) is 42.1. The second-order valence-electron chi connectivity index (χ2n) is 48.6. The fourth-order valence-electron chi connectivity index (χ4n) is 36.3. The van der Waals surface area contributed by atoms with E-state index in [0.717, 1.165) is 227 Å². The molecule has 0 saturated heterocycles. The molecular weight excluding hydrogens is 1730 g/mol. The van der Waals surface area contributed by atoms with E-state index >= 15 is 0 Å². The van der Waals surface area contributed by atoms with E-state index in [9.17, 15) is 44.0 Å². The van der Waals surface area contributed by atoms with E-state index in [1.54, 1.807) is 85.8 Å². The highest BCUT2D eigenvalue weighted by Crippen LogP contribution is 2.70. The maximum absolute atomic E-state index is 13.6. The first-order valence-corrected chi connectivity index (χ1v) is 53.4. The standard InChI is InChI=1S/C28H38FN3O3.3C27H38N4O3/c1-27-11-9-20-19-10-12-28(34,16-35-2)14-17(19)3-5-21(20)22(27)6-7-23(27)26(33)15-32-30-24-8-4-18(29)13-25(24)31-32;1-26-10-7-19-18-8-11-27(33,16-34-2)13-17(18)3-4-20(19)21(26)5-6-22(26)25(32)15-31-24-9-12-28-14-23(24)29-30-31;1-26-10-7-19-18-8-11-27(33,16-34-2)13-17(18)3-4-20(19)21(26)5-6-22(26)25(32)15-31-24-14-28-12-9-23(24)29-30-31;1-26-10-7-19-18-8-11-27(33,16-34-2)13-17(18)3-4-20(19)21(26)5-6-22(26)25(32)15-31-29-23-9-12-28-14-24(23)30-31/h4,8,13,17,19-23,34H,3,5-7,9-12,14-16H2,1-2H3;3*9,12,14,17-22,33H,3-8,10-11,13,15-16H2,1-2H3/t17-,19-,20+,21+,22-,23+,27-,28+;3*17-,18-,19+,20+,21-,22+,26-,27+/m0000/s1. The lowest BCUT2D eigenvalue weighted by molar-refractivity contribution is -0.137. The summed E-state index contributed by atoms with van der Waals surface area (Å²) in [6.45, 7) is 12.5. The first kappa shape index (κ1) is 95.7. The van der Waals surface area contributed by atoms with Gasteiger partial charge in [-0.15, -0.1) is 10.2 Å². The van der Waals surface area contributed by atoms with Crippen LogP contribution in [0.5, 0.6) is 0 Å². The predicted octanol–water partition coefficient (Wildman–Crippen LogP) is 16.9. The van der Waals surface area contributed by atoms with E-state index in [0.29, 0.717) is 127 Å². The minimum atomic E-state index is -0.645. The molecule has 7 aromatic heterocycles. The van der Waals surface area contributed by atoms with E-state index in [1.165, 1.54) is 113 Å². The highest BCUT2D eigenvalue weighted by atomic mass is 19.1. The van der Waals surface area contributed by atoms with Crippen LogP contribution in [0.4, 0.5) is 4.39 Å². The van der Waals surface area contributed by atoms with E-state index in [4.69, 9.17) is 18.9 Å². The third-order valence-electron chi connectivity index (χ3n) is 42.1. The molecule has 16 aliphatic rings. The van der Waals surface area contributed by atoms with E-state index in [-0.39, 0.29) is 70.0 Å². The Labute approximate surface area is 806 Å². The highest BCUT2D eigenvalue weighted by Gasteiger charge is 2.65. The number of Topliss-reactive ketones (excluding diaryl/α,β-unsaturated/α-hetero) is 4. The summed E-state index contributed by atoms with van der Waals surface area (Å²) in [7, 11) is 6.78. The zero-order valence-electron chi connectivity index (χ0n) is 82.5. The number of carbonyl (C=O) groups is 4. The molecule has 28 heteroatoms. The summed E-state index contributed by atoms with van der Waals surface area (Å²) in [6.07, 6.45) is 49.9. The Morgan fingerprint density at radius 1 is 0.328 bits per heavy atom. The Morgan fingerprint density at radius 2 is 0.642 bits per heavy atom. The normalized spacial score (nSPS) is 41.4. The SMILES string of the molecule is COC[C@@]1(O)CC[C@H]2[C@@H](CC[C@@H]3[C@@H]2CC[C@]2(C)[C@@H](C(=O)Cn4nc5ccc(F)cc5n4)CC[C@@H]32)C1.COC[C@@]1(O)CC[C@H]2[C@@H](CC[C@@H]3[C@@H]2CC[C@]2(C)[C@@H](C(=O)Cn4nc5ccncc5n4)CC[C@@H]32)C1.COC[C@@]1(O)CC[C@H]2[C@@H](CC[C@@H]3[C@@H]2CC[C@]2(C)[C@@H](C(=O)Cn4nnc5ccncc54)CC[C@@H]32)C1.COC[C@@]1(O)CC[C@H]2[C@@H](CC[C@@H]3[C@@H]2CC[C@]2(C)[C@@H](C(=O)Cn4nnc5cnccc54)CC[C@@H]32)C1. The van der Waals surface area contributed by atoms with Crippen molar-refractivity contribution >= 4 is 67.3 Å². The predicted molar refractivity (Wildman–Crippen MR) is 513 cm³/mol. The van der Waals surface area contributed by atoms with Gasteiger partial charge in [-0.3, -0.25) is 34.1 Å². The van der Waals surface area contributed by atoms with Crippen LogP contribution in [0.3, 0.4) is 0 Å². The Hall–Kier alpha value is -7.44. The Balaban J connectivity index is 0.000000109. The molecule has 1 aromatic carbocycles. The van der Waals surface area contributed by atoms with E-state index in [1.807, 2.05) is 18.2 Å². The molecule has 7 heterocycles. The van der Waals surface area contributed by atoms with Gasteiger partial charge in [0.05, 0.1) is 72.9 Å². The second kappa shape index (κ2) is 38.0. The summed E-state index contributed by atoms with van der Waals surface area (Å²) >= 11 is 0. The van der Waals surface area contributed by atoms with Crippen molar-refractivity contribution in [3.63, 3.8) is 0 Å². The van der Waals surface area contributed by atoms with Crippen LogP contribution in [0.25, 0.3) is 44.1 Å². The van der Waals surface area contributed by atoms with Crippen molar-refractivity contribution in [1.82, 2.24) is 74.9 Å². The van der Waals surface area contributed by atoms with E-state index in [2.05, 4.69) is 83.7 Å². The number of hydrogen-bond donors (Lipinski definition) is 4. The Kier molecular flexibility index (Phi) is 26.6. The molecule has 0 radical (unpaired) electrons. The lowest BCUT2D eigenvalue weighted by Gasteiger charge is -2.57. The molecule has 27 nitrogen and oxygen atoms in total. The van der Waals surface area contributed by atoms with Gasteiger partial charge in [0.2, 0.25) is 0 Å². The minimum absolute atomic E-state index is 0.0508. The molecule has 0 bridgehead atoms. The first-order chi connectivity index (χ1) is 66.0. The van der Waals surface area contributed by atoms with Gasteiger partial charge in [-0.1, -0.05) is 38.1 Å². The van der Waals surface area contributed by atoms with Crippen molar-refractivity contribution in [2.45, 2.75) is 307 Å². The number of aliphatic hydroxyl groups is 4. The van der Waals surface area contributed by atoms with Crippen LogP contribution in [0.15, 0.2) is 73.6 Å². The molecule has 0 unspecified atom stereocenters. The number of carbonyl (C=O) groups excluding carboxylic acids is 4. The largest absolute Gasteiger partial charge is 0.387 e. The Morgan fingerprint density at radius 3 is 1.02 bits per heavy atom. The van der Waals surface area contributed by atoms with Gasteiger partial charge < -0.3 is 39.4 Å². The van der Waals surface area contributed by atoms with Crippen LogP contribution in [0, 0.1) is 170 Å². The number of rotatable bonds is 20. The molecule has 137 heavy (non-hydrogen) atoms. The molecule has 0 aliphatic heterocycles. The van der Waals surface area contributed by atoms with Crippen LogP contribution in [-0.4, -0.2) is 196 Å². The molecule has 0 spiro atoms. The molecule has 0 amide bonds. The number of hydrogen-bond acceptors (Lipinski definition) is 23. The number of benzene rings is 1. The molecule has 8 aromatic rings. The average molecular weight is 1880 g/mol. The van der Waals surface area contributed by atoms with Crippen LogP contribution < -0.4 is 0 Å². The lowest BCUT2D eigenvalue weighted by Crippen LogP contribution is -2.52. The number of ketones is 4. The molecule has 16 aliphatic carbocycles. The van der Waals surface area contributed by atoms with Crippen LogP contribution >= 0.6 is 0 Å². The van der Waals surface area contributed by atoms with Gasteiger partial charge in [0, 0.05) is 76.8 Å². The van der Waals surface area contributed by atoms with Crippen molar-refractivity contribution in [2.24, 2.45) is 164 Å². The van der Waals surface area contributed by atoms with Gasteiger partial charge in [0.25, 0.3) is 0 Å². The van der Waals surface area contributed by atoms with Crippen LogP contribution in [0.1, 0.15) is 259 Å². The molecule has 16 fully saturated rings. The molecule has 32 atom stereocenters. The fourth-order valence-corrected chi connectivity index (χ4v) is 36.3. The van der Waals surface area contributed by atoms with Crippen LogP contribution in [-0.2, 0) is 64.3 Å². The van der Waals surface area contributed by atoms with Gasteiger partial charge in [-0.25, -0.2) is 13.8 Å². The summed E-state index contributed by atoms with van der Waals surface area (Å²) in [4.78, 5) is 69.7. The molecule has 16 saturated carbocycles. The zero-order valence-corrected chi connectivity index (χ0v) is 82.5. The Bertz CT molecular complexity index is 5480. The van der Waals surface area contributed by atoms with E-state index < -0.39 is 22.4 Å². The fraction of sp³-hybridized carbons (Fsp3) is 0.771. The quantitative estimate of drug-likeness (QED) is 0.0550. The zero-order chi connectivity index (χ0) is 94.9. The first-order valence-electron chi connectivity index (χ1n) is 53.4. The average Bonchev–Trinajstić information content (AvgIpc) is 1.63. The topological polar surface area (TPSA) is 348 Å². The number of aromatic nitrogens is 15. The summed E-state index contributed by atoms with van der Waals surface area (Å²) in [5, 5.41) is 78.6. The summed E-state index contributed by atoms with van der Waals surface area (Å²) in [6, 6.07) is 9.94. The summed E-state index contributed by atoms with van der Waals surface area (Å²) in [5.74, 6) is 15.2.